The van der Waals surface area contributed by atoms with Gasteiger partial charge in [-0.05, 0) is 24.6 Å². The number of aliphatic hydroxyl groups is 1. The fourth-order valence-electron chi connectivity index (χ4n) is 1.33. The van der Waals surface area contributed by atoms with Crippen molar-refractivity contribution < 1.29 is 17.9 Å². The van der Waals surface area contributed by atoms with E-state index in [-0.39, 0.29) is 18.2 Å². The minimum atomic E-state index is -3.65. The Morgan fingerprint density at radius 2 is 2.11 bits per heavy atom. The monoisotopic (exact) mass is 276 g/mol. The normalized spacial score (nSPS) is 12.2. The third kappa shape index (κ3) is 4.77. The zero-order valence-electron chi connectivity index (χ0n) is 10.6. The molecule has 3 N–H and O–H groups in total. The Hall–Kier alpha value is -0.890. The number of furan rings is 1. The van der Waals surface area contributed by atoms with E-state index >= 15 is 0 Å². The molecule has 0 bridgehead atoms. The summed E-state index contributed by atoms with van der Waals surface area (Å²) < 4.78 is 30.8. The van der Waals surface area contributed by atoms with Gasteiger partial charge in [-0.1, -0.05) is 13.8 Å². The first-order chi connectivity index (χ1) is 8.45. The van der Waals surface area contributed by atoms with Crippen LogP contribution in [0.15, 0.2) is 21.6 Å². The zero-order valence-corrected chi connectivity index (χ0v) is 11.5. The third-order valence-electron chi connectivity index (χ3n) is 2.16. The number of hydrogen-bond acceptors (Lipinski definition) is 5. The van der Waals surface area contributed by atoms with E-state index in [1.165, 1.54) is 6.07 Å². The molecule has 0 aliphatic heterocycles. The highest BCUT2D eigenvalue weighted by molar-refractivity contribution is 7.89. The van der Waals surface area contributed by atoms with Gasteiger partial charge in [-0.25, -0.2) is 13.1 Å². The van der Waals surface area contributed by atoms with Crippen LogP contribution >= 0.6 is 0 Å². The average Bonchev–Trinajstić information content (AvgIpc) is 2.75. The minimum Gasteiger partial charge on any atom is -0.447 e. The molecular weight excluding hydrogens is 256 g/mol. The summed E-state index contributed by atoms with van der Waals surface area (Å²) in [6, 6.07) is 3.03. The van der Waals surface area contributed by atoms with Gasteiger partial charge in [0.15, 0.2) is 0 Å². The van der Waals surface area contributed by atoms with Crippen molar-refractivity contribution in [1.82, 2.24) is 10.0 Å². The predicted molar refractivity (Wildman–Crippen MR) is 67.5 cm³/mol. The van der Waals surface area contributed by atoms with Crippen molar-refractivity contribution in [1.29, 1.82) is 0 Å². The van der Waals surface area contributed by atoms with E-state index in [1.807, 2.05) is 0 Å². The number of rotatable bonds is 8. The first-order valence-corrected chi connectivity index (χ1v) is 7.34. The molecule has 0 radical (unpaired) electrons. The number of sulfonamides is 1. The molecule has 0 saturated carbocycles. The lowest BCUT2D eigenvalue weighted by molar-refractivity contribution is 0.300. The van der Waals surface area contributed by atoms with Gasteiger partial charge in [0.2, 0.25) is 5.09 Å². The Labute approximate surface area is 107 Å². The van der Waals surface area contributed by atoms with E-state index in [9.17, 15) is 8.42 Å². The molecule has 0 aliphatic rings. The highest BCUT2D eigenvalue weighted by atomic mass is 32.2. The fraction of sp³-hybridized carbons (Fsp3) is 0.636. The molecule has 1 aromatic heterocycles. The van der Waals surface area contributed by atoms with Crippen molar-refractivity contribution in [2.24, 2.45) is 5.92 Å². The summed E-state index contributed by atoms with van der Waals surface area (Å²) in [5, 5.41) is 11.6. The molecule has 0 spiro atoms. The van der Waals surface area contributed by atoms with Gasteiger partial charge >= 0.3 is 0 Å². The predicted octanol–water partition coefficient (Wildman–Crippen LogP) is 0.296. The van der Waals surface area contributed by atoms with Crippen LogP contribution in [0.5, 0.6) is 0 Å². The average molecular weight is 276 g/mol. The second-order valence-electron chi connectivity index (χ2n) is 4.37. The van der Waals surface area contributed by atoms with Crippen molar-refractivity contribution in [3.8, 4) is 0 Å². The van der Waals surface area contributed by atoms with Crippen LogP contribution < -0.4 is 10.0 Å². The highest BCUT2D eigenvalue weighted by Crippen LogP contribution is 2.13. The summed E-state index contributed by atoms with van der Waals surface area (Å²) in [6.45, 7) is 5.24. The largest absolute Gasteiger partial charge is 0.447 e. The van der Waals surface area contributed by atoms with Crippen molar-refractivity contribution in [3.63, 3.8) is 0 Å². The molecule has 1 heterocycles. The number of aliphatic hydroxyl groups excluding tert-OH is 1. The summed E-state index contributed by atoms with van der Waals surface area (Å²) in [5.74, 6) is 1.09. The molecule has 6 nitrogen and oxygen atoms in total. The summed E-state index contributed by atoms with van der Waals surface area (Å²) >= 11 is 0. The maximum atomic E-state index is 11.7. The van der Waals surface area contributed by atoms with E-state index in [0.717, 1.165) is 6.54 Å². The molecule has 0 aromatic carbocycles. The lowest BCUT2D eigenvalue weighted by Gasteiger charge is -2.05. The van der Waals surface area contributed by atoms with Crippen molar-refractivity contribution in [2.45, 2.75) is 25.5 Å². The van der Waals surface area contributed by atoms with Crippen molar-refractivity contribution in [3.05, 3.63) is 17.9 Å². The molecule has 0 unspecified atom stereocenters. The Bertz CT molecular complexity index is 453. The van der Waals surface area contributed by atoms with Gasteiger partial charge in [0, 0.05) is 6.54 Å². The van der Waals surface area contributed by atoms with Gasteiger partial charge in [0.05, 0.1) is 13.2 Å². The lowest BCUT2D eigenvalue weighted by atomic mass is 10.2. The summed E-state index contributed by atoms with van der Waals surface area (Å²) in [5.41, 5.74) is 0. The van der Waals surface area contributed by atoms with Gasteiger partial charge in [0.25, 0.3) is 10.0 Å². The molecule has 104 valence electrons. The lowest BCUT2D eigenvalue weighted by Crippen LogP contribution is -2.26. The Morgan fingerprint density at radius 3 is 2.72 bits per heavy atom. The van der Waals surface area contributed by atoms with Crippen LogP contribution in [-0.2, 0) is 16.6 Å². The highest BCUT2D eigenvalue weighted by Gasteiger charge is 2.17. The van der Waals surface area contributed by atoms with Crippen LogP contribution in [0, 0.1) is 5.92 Å². The molecule has 1 aromatic rings. The summed E-state index contributed by atoms with van der Waals surface area (Å²) in [6.07, 6.45) is 0. The van der Waals surface area contributed by atoms with E-state index in [2.05, 4.69) is 23.9 Å². The minimum absolute atomic E-state index is 0.0238. The van der Waals surface area contributed by atoms with Gasteiger partial charge in [0.1, 0.15) is 5.76 Å². The molecule has 0 aliphatic carbocycles. The van der Waals surface area contributed by atoms with Crippen LogP contribution in [0.4, 0.5) is 0 Å². The maximum Gasteiger partial charge on any atom is 0.274 e. The van der Waals surface area contributed by atoms with Crippen molar-refractivity contribution in [2.75, 3.05) is 19.7 Å². The van der Waals surface area contributed by atoms with Crippen molar-refractivity contribution >= 4 is 10.0 Å². The quantitative estimate of drug-likeness (QED) is 0.635. The molecule has 0 fully saturated rings. The zero-order chi connectivity index (χ0) is 13.6. The second kappa shape index (κ2) is 6.89. The smallest absolute Gasteiger partial charge is 0.274 e. The van der Waals surface area contributed by atoms with Crippen LogP contribution in [0.2, 0.25) is 0 Å². The first kappa shape index (κ1) is 15.2. The molecule has 0 amide bonds. The topological polar surface area (TPSA) is 91.6 Å². The standard InChI is InChI=1S/C11H20N2O4S/c1-9(2)7-12-8-10-3-4-11(17-10)18(15,16)13-5-6-14/h3-4,9,12-14H,5-8H2,1-2H3. The molecule has 0 atom stereocenters. The van der Waals surface area contributed by atoms with Crippen LogP contribution in [-0.4, -0.2) is 33.2 Å². The SMILES string of the molecule is CC(C)CNCc1ccc(S(=O)(=O)NCCO)o1. The van der Waals surface area contributed by atoms with E-state index in [0.29, 0.717) is 18.2 Å². The second-order valence-corrected chi connectivity index (χ2v) is 6.06. The molecular formula is C11H20N2O4S. The Balaban J connectivity index is 2.57. The van der Waals surface area contributed by atoms with Gasteiger partial charge < -0.3 is 14.8 Å². The summed E-state index contributed by atoms with van der Waals surface area (Å²) in [4.78, 5) is 0. The van der Waals surface area contributed by atoms with Gasteiger partial charge in [-0.2, -0.15) is 0 Å². The van der Waals surface area contributed by atoms with E-state index in [1.54, 1.807) is 6.07 Å². The molecule has 1 rings (SSSR count). The Kier molecular flexibility index (Phi) is 5.80. The fourth-order valence-corrected chi connectivity index (χ4v) is 2.30. The Morgan fingerprint density at radius 1 is 1.39 bits per heavy atom. The molecule has 7 heteroatoms. The number of hydrogen-bond donors (Lipinski definition) is 3. The third-order valence-corrected chi connectivity index (χ3v) is 3.49. The van der Waals surface area contributed by atoms with E-state index in [4.69, 9.17) is 9.52 Å². The molecule has 0 saturated heterocycles. The molecule has 18 heavy (non-hydrogen) atoms. The summed E-state index contributed by atoms with van der Waals surface area (Å²) in [7, 11) is -3.65. The number of nitrogens with one attached hydrogen (secondary N) is 2. The van der Waals surface area contributed by atoms with Crippen LogP contribution in [0.1, 0.15) is 19.6 Å². The van der Waals surface area contributed by atoms with Gasteiger partial charge in [-0.3, -0.25) is 0 Å². The van der Waals surface area contributed by atoms with Crippen LogP contribution in [0.3, 0.4) is 0 Å². The first-order valence-electron chi connectivity index (χ1n) is 5.85. The van der Waals surface area contributed by atoms with Gasteiger partial charge in [-0.15, -0.1) is 0 Å². The van der Waals surface area contributed by atoms with Crippen LogP contribution in [0.25, 0.3) is 0 Å². The van der Waals surface area contributed by atoms with E-state index < -0.39 is 10.0 Å². The maximum absolute atomic E-state index is 11.7.